The molecular formula is C12H22O10. The number of hydrogen-bond donors (Lipinski definition) is 7. The third-order valence-electron chi connectivity index (χ3n) is 3.94. The molecule has 2 aliphatic rings. The number of aliphatic hydroxyl groups excluding tert-OH is 7. The smallest absolute Gasteiger partial charge is 0.187 e. The van der Waals surface area contributed by atoms with Gasteiger partial charge in [0.1, 0.15) is 42.7 Å². The zero-order valence-electron chi connectivity index (χ0n) is 11.8. The minimum atomic E-state index is -1.71. The van der Waals surface area contributed by atoms with Crippen molar-refractivity contribution in [1.82, 2.24) is 0 Å². The highest BCUT2D eigenvalue weighted by molar-refractivity contribution is 4.93. The average Bonchev–Trinajstić information content (AvgIpc) is 2.50. The van der Waals surface area contributed by atoms with Gasteiger partial charge in [-0.1, -0.05) is 0 Å². The van der Waals surface area contributed by atoms with Crippen LogP contribution in [-0.2, 0) is 14.2 Å². The van der Waals surface area contributed by atoms with E-state index in [-0.39, 0.29) is 0 Å². The second kappa shape index (κ2) is 7.01. The standard InChI is InChI=1S/C12H22O10/c1-3-5(14)7(16)8(17)12(20-3)22-10-6(15)4(2-13)21-11(19)9(10)18/h3-19H,2H2,1H3/t3-,4+,5+,6+,7+,8-,9-,10-,11-,12+/m0/s1. The highest BCUT2D eigenvalue weighted by Crippen LogP contribution is 2.28. The van der Waals surface area contributed by atoms with Crippen LogP contribution in [-0.4, -0.2) is 104 Å². The van der Waals surface area contributed by atoms with E-state index in [1.807, 2.05) is 0 Å². The van der Waals surface area contributed by atoms with E-state index in [1.165, 1.54) is 6.92 Å². The molecule has 0 aromatic carbocycles. The molecule has 2 aliphatic heterocycles. The Morgan fingerprint density at radius 3 is 2.05 bits per heavy atom. The van der Waals surface area contributed by atoms with Gasteiger partial charge in [-0.15, -0.1) is 0 Å². The first-order chi connectivity index (χ1) is 10.3. The van der Waals surface area contributed by atoms with Crippen LogP contribution in [0.15, 0.2) is 0 Å². The lowest BCUT2D eigenvalue weighted by Crippen LogP contribution is -2.63. The number of rotatable bonds is 3. The molecule has 2 rings (SSSR count). The van der Waals surface area contributed by atoms with Gasteiger partial charge in [-0.2, -0.15) is 0 Å². The Morgan fingerprint density at radius 1 is 0.818 bits per heavy atom. The van der Waals surface area contributed by atoms with Crippen LogP contribution >= 0.6 is 0 Å². The van der Waals surface area contributed by atoms with Gasteiger partial charge in [-0.3, -0.25) is 0 Å². The summed E-state index contributed by atoms with van der Waals surface area (Å²) >= 11 is 0. The molecule has 0 aromatic rings. The summed E-state index contributed by atoms with van der Waals surface area (Å²) in [5.74, 6) is 0. The van der Waals surface area contributed by atoms with Gasteiger partial charge < -0.3 is 50.0 Å². The summed E-state index contributed by atoms with van der Waals surface area (Å²) in [7, 11) is 0. The van der Waals surface area contributed by atoms with Crippen molar-refractivity contribution in [3.8, 4) is 0 Å². The molecule has 0 saturated carbocycles. The van der Waals surface area contributed by atoms with Gasteiger partial charge in [0.15, 0.2) is 12.6 Å². The summed E-state index contributed by atoms with van der Waals surface area (Å²) < 4.78 is 15.3. The molecule has 0 bridgehead atoms. The SMILES string of the molecule is C[C@@H]1O[C@H](O[C@@H]2[C@H](O)[C@@H](O)O[C@H](CO)[C@H]2O)[C@@H](O)[C@H](O)[C@@H]1O. The van der Waals surface area contributed by atoms with E-state index in [2.05, 4.69) is 0 Å². The first-order valence-electron chi connectivity index (χ1n) is 6.93. The molecule has 22 heavy (non-hydrogen) atoms. The van der Waals surface area contributed by atoms with Crippen molar-refractivity contribution in [2.24, 2.45) is 0 Å². The van der Waals surface area contributed by atoms with Crippen molar-refractivity contribution in [2.45, 2.75) is 68.3 Å². The van der Waals surface area contributed by atoms with Crippen molar-refractivity contribution < 1.29 is 50.0 Å². The van der Waals surface area contributed by atoms with E-state index >= 15 is 0 Å². The van der Waals surface area contributed by atoms with Gasteiger partial charge in [0, 0.05) is 0 Å². The number of ether oxygens (including phenoxy) is 3. The number of aliphatic hydroxyl groups is 7. The van der Waals surface area contributed by atoms with E-state index in [0.29, 0.717) is 0 Å². The molecule has 0 unspecified atom stereocenters. The summed E-state index contributed by atoms with van der Waals surface area (Å²) in [6.07, 6.45) is -14.3. The van der Waals surface area contributed by atoms with E-state index in [0.717, 1.165) is 0 Å². The van der Waals surface area contributed by atoms with Crippen LogP contribution in [0.2, 0.25) is 0 Å². The van der Waals surface area contributed by atoms with Crippen LogP contribution in [0.3, 0.4) is 0 Å². The van der Waals surface area contributed by atoms with Gasteiger partial charge in [0.05, 0.1) is 12.7 Å². The molecule has 7 N–H and O–H groups in total. The summed E-state index contributed by atoms with van der Waals surface area (Å²) in [6.45, 7) is 0.814. The largest absolute Gasteiger partial charge is 0.394 e. The molecule has 0 aromatic heterocycles. The van der Waals surface area contributed by atoms with Crippen LogP contribution in [0.1, 0.15) is 6.92 Å². The molecule has 130 valence electrons. The summed E-state index contributed by atoms with van der Waals surface area (Å²) in [5, 5.41) is 67.6. The molecular weight excluding hydrogens is 304 g/mol. The number of hydrogen-bond acceptors (Lipinski definition) is 10. The maximum Gasteiger partial charge on any atom is 0.187 e. The van der Waals surface area contributed by atoms with Crippen LogP contribution in [0.5, 0.6) is 0 Å². The van der Waals surface area contributed by atoms with Crippen LogP contribution in [0.4, 0.5) is 0 Å². The molecule has 10 atom stereocenters. The Hall–Kier alpha value is -0.400. The highest BCUT2D eigenvalue weighted by Gasteiger charge is 2.49. The molecule has 0 spiro atoms. The van der Waals surface area contributed by atoms with E-state index in [9.17, 15) is 30.6 Å². The molecule has 2 saturated heterocycles. The normalized spacial score (nSPS) is 53.5. The van der Waals surface area contributed by atoms with Crippen molar-refractivity contribution in [3.63, 3.8) is 0 Å². The maximum absolute atomic E-state index is 9.99. The predicted octanol–water partition coefficient (Wildman–Crippen LogP) is -4.37. The summed E-state index contributed by atoms with van der Waals surface area (Å²) in [4.78, 5) is 0. The van der Waals surface area contributed by atoms with Gasteiger partial charge in [0.2, 0.25) is 0 Å². The second-order valence-corrected chi connectivity index (χ2v) is 5.51. The van der Waals surface area contributed by atoms with E-state index in [1.54, 1.807) is 0 Å². The Kier molecular flexibility index (Phi) is 5.72. The lowest BCUT2D eigenvalue weighted by Gasteiger charge is -2.44. The highest BCUT2D eigenvalue weighted by atomic mass is 16.7. The Balaban J connectivity index is 2.10. The van der Waals surface area contributed by atoms with Crippen molar-refractivity contribution >= 4 is 0 Å². The Morgan fingerprint density at radius 2 is 1.45 bits per heavy atom. The van der Waals surface area contributed by atoms with Crippen LogP contribution in [0.25, 0.3) is 0 Å². The third-order valence-corrected chi connectivity index (χ3v) is 3.94. The molecule has 0 amide bonds. The van der Waals surface area contributed by atoms with Gasteiger partial charge in [-0.05, 0) is 6.92 Å². The first kappa shape index (κ1) is 17.9. The van der Waals surface area contributed by atoms with Crippen LogP contribution in [0, 0.1) is 0 Å². The second-order valence-electron chi connectivity index (χ2n) is 5.51. The molecule has 0 radical (unpaired) electrons. The van der Waals surface area contributed by atoms with Crippen molar-refractivity contribution in [1.29, 1.82) is 0 Å². The quantitative estimate of drug-likeness (QED) is 0.269. The molecule has 2 heterocycles. The fraction of sp³-hybridized carbons (Fsp3) is 1.00. The lowest BCUT2D eigenvalue weighted by atomic mass is 9.97. The fourth-order valence-corrected chi connectivity index (χ4v) is 2.51. The molecule has 10 heteroatoms. The average molecular weight is 326 g/mol. The molecule has 0 aliphatic carbocycles. The van der Waals surface area contributed by atoms with Crippen molar-refractivity contribution in [2.75, 3.05) is 6.61 Å². The zero-order valence-corrected chi connectivity index (χ0v) is 11.8. The van der Waals surface area contributed by atoms with Crippen molar-refractivity contribution in [3.05, 3.63) is 0 Å². The summed E-state index contributed by atoms with van der Waals surface area (Å²) in [6, 6.07) is 0. The van der Waals surface area contributed by atoms with E-state index < -0.39 is 68.0 Å². The molecule has 2 fully saturated rings. The van der Waals surface area contributed by atoms with Crippen LogP contribution < -0.4 is 0 Å². The lowest BCUT2D eigenvalue weighted by molar-refractivity contribution is -0.352. The molecule has 10 nitrogen and oxygen atoms in total. The van der Waals surface area contributed by atoms with Gasteiger partial charge in [0.25, 0.3) is 0 Å². The fourth-order valence-electron chi connectivity index (χ4n) is 2.51. The Bertz CT molecular complexity index is 368. The first-order valence-corrected chi connectivity index (χ1v) is 6.93. The Labute approximate surface area is 126 Å². The minimum absolute atomic E-state index is 0.628. The topological polar surface area (TPSA) is 169 Å². The predicted molar refractivity (Wildman–Crippen MR) is 67.2 cm³/mol. The van der Waals surface area contributed by atoms with E-state index in [4.69, 9.17) is 19.3 Å². The third kappa shape index (κ3) is 3.26. The van der Waals surface area contributed by atoms with Gasteiger partial charge >= 0.3 is 0 Å². The van der Waals surface area contributed by atoms with Gasteiger partial charge in [-0.25, -0.2) is 0 Å². The monoisotopic (exact) mass is 326 g/mol. The minimum Gasteiger partial charge on any atom is -0.394 e. The maximum atomic E-state index is 9.99. The summed E-state index contributed by atoms with van der Waals surface area (Å²) in [5.41, 5.74) is 0. The zero-order chi connectivity index (χ0) is 16.6.